The van der Waals surface area contributed by atoms with E-state index in [4.69, 9.17) is 0 Å². The second-order valence-corrected chi connectivity index (χ2v) is 4.39. The van der Waals surface area contributed by atoms with E-state index in [1.165, 1.54) is 31.4 Å². The molecule has 0 bridgehead atoms. The van der Waals surface area contributed by atoms with E-state index in [-0.39, 0.29) is 0 Å². The van der Waals surface area contributed by atoms with Crippen molar-refractivity contribution in [1.82, 2.24) is 9.97 Å². The Balaban J connectivity index is 1.86. The Bertz CT molecular complexity index is 489. The topological polar surface area (TPSA) is 37.8 Å². The summed E-state index contributed by atoms with van der Waals surface area (Å²) < 4.78 is 0. The van der Waals surface area contributed by atoms with E-state index in [9.17, 15) is 0 Å². The summed E-state index contributed by atoms with van der Waals surface area (Å²) in [4.78, 5) is 8.58. The average molecular weight is 213 g/mol. The smallest absolute Gasteiger partial charge is 0.0907 e. The van der Waals surface area contributed by atoms with Gasteiger partial charge in [-0.15, -0.1) is 0 Å². The van der Waals surface area contributed by atoms with Crippen molar-refractivity contribution in [2.24, 2.45) is 0 Å². The van der Waals surface area contributed by atoms with E-state index in [0.29, 0.717) is 6.04 Å². The lowest BCUT2D eigenvalue weighted by Gasteiger charge is -2.13. The molecule has 0 aliphatic heterocycles. The number of aromatic nitrogens is 2. The Hall–Kier alpha value is -1.64. The number of nitrogens with zero attached hydrogens (tertiary/aromatic N) is 2. The van der Waals surface area contributed by atoms with Crippen LogP contribution in [-0.4, -0.2) is 16.0 Å². The van der Waals surface area contributed by atoms with E-state index >= 15 is 0 Å². The van der Waals surface area contributed by atoms with Gasteiger partial charge in [0, 0.05) is 24.1 Å². The highest BCUT2D eigenvalue weighted by molar-refractivity contribution is 5.78. The van der Waals surface area contributed by atoms with Crippen molar-refractivity contribution in [2.45, 2.75) is 31.7 Å². The monoisotopic (exact) mass is 213 g/mol. The number of anilines is 1. The van der Waals surface area contributed by atoms with E-state index in [1.807, 2.05) is 6.07 Å². The standard InChI is InChI=1S/C13H15N3/c1-2-4-10(3-1)16-11-5-6-12-13(9-11)15-8-7-14-12/h5-10,16H,1-4H2. The van der Waals surface area contributed by atoms with E-state index < -0.39 is 0 Å². The lowest BCUT2D eigenvalue weighted by Crippen LogP contribution is -2.14. The minimum atomic E-state index is 0.647. The van der Waals surface area contributed by atoms with Crippen molar-refractivity contribution in [3.63, 3.8) is 0 Å². The summed E-state index contributed by atoms with van der Waals surface area (Å²) in [6, 6.07) is 6.85. The van der Waals surface area contributed by atoms with E-state index in [0.717, 1.165) is 11.0 Å². The molecule has 0 amide bonds. The Morgan fingerprint density at radius 3 is 2.56 bits per heavy atom. The molecule has 1 aromatic heterocycles. The largest absolute Gasteiger partial charge is 0.382 e. The van der Waals surface area contributed by atoms with Gasteiger partial charge < -0.3 is 5.32 Å². The van der Waals surface area contributed by atoms with Gasteiger partial charge >= 0.3 is 0 Å². The van der Waals surface area contributed by atoms with Gasteiger partial charge in [0.2, 0.25) is 0 Å². The maximum Gasteiger partial charge on any atom is 0.0907 e. The first kappa shape index (κ1) is 9.58. The summed E-state index contributed by atoms with van der Waals surface area (Å²) in [6.45, 7) is 0. The normalized spacial score (nSPS) is 16.8. The second-order valence-electron chi connectivity index (χ2n) is 4.39. The lowest BCUT2D eigenvalue weighted by molar-refractivity contribution is 0.756. The van der Waals surface area contributed by atoms with Crippen LogP contribution in [0.15, 0.2) is 30.6 Å². The first-order chi connectivity index (χ1) is 7.92. The van der Waals surface area contributed by atoms with Gasteiger partial charge in [0.15, 0.2) is 0 Å². The van der Waals surface area contributed by atoms with Crippen LogP contribution in [0.3, 0.4) is 0 Å². The van der Waals surface area contributed by atoms with Crippen LogP contribution in [0.1, 0.15) is 25.7 Å². The zero-order valence-corrected chi connectivity index (χ0v) is 9.19. The third-order valence-electron chi connectivity index (χ3n) is 3.20. The maximum atomic E-state index is 4.31. The summed E-state index contributed by atoms with van der Waals surface area (Å²) in [5.41, 5.74) is 3.09. The van der Waals surface area contributed by atoms with Crippen LogP contribution in [0.25, 0.3) is 11.0 Å². The van der Waals surface area contributed by atoms with E-state index in [1.54, 1.807) is 12.4 Å². The van der Waals surface area contributed by atoms with Crippen molar-refractivity contribution < 1.29 is 0 Å². The third-order valence-corrected chi connectivity index (χ3v) is 3.20. The predicted octanol–water partition coefficient (Wildman–Crippen LogP) is 2.98. The molecular weight excluding hydrogens is 198 g/mol. The molecule has 0 unspecified atom stereocenters. The number of hydrogen-bond acceptors (Lipinski definition) is 3. The first-order valence-electron chi connectivity index (χ1n) is 5.89. The number of hydrogen-bond donors (Lipinski definition) is 1. The number of benzene rings is 1. The van der Waals surface area contributed by atoms with Crippen LogP contribution in [0.2, 0.25) is 0 Å². The van der Waals surface area contributed by atoms with Crippen LogP contribution < -0.4 is 5.32 Å². The van der Waals surface area contributed by atoms with Gasteiger partial charge in [-0.1, -0.05) is 12.8 Å². The molecule has 16 heavy (non-hydrogen) atoms. The number of fused-ring (bicyclic) bond motifs is 1. The Morgan fingerprint density at radius 2 is 1.75 bits per heavy atom. The quantitative estimate of drug-likeness (QED) is 0.833. The molecule has 1 aliphatic rings. The van der Waals surface area contributed by atoms with Gasteiger partial charge in [0.1, 0.15) is 0 Å². The molecule has 82 valence electrons. The molecule has 3 nitrogen and oxygen atoms in total. The molecule has 3 heteroatoms. The molecule has 1 saturated carbocycles. The maximum absolute atomic E-state index is 4.31. The highest BCUT2D eigenvalue weighted by Crippen LogP contribution is 2.23. The van der Waals surface area contributed by atoms with Gasteiger partial charge in [-0.05, 0) is 31.0 Å². The lowest BCUT2D eigenvalue weighted by atomic mass is 10.2. The second kappa shape index (κ2) is 4.08. The fourth-order valence-electron chi connectivity index (χ4n) is 2.36. The molecule has 1 aliphatic carbocycles. The van der Waals surface area contributed by atoms with Gasteiger partial charge in [-0.2, -0.15) is 0 Å². The summed E-state index contributed by atoms with van der Waals surface area (Å²) in [5, 5.41) is 3.57. The van der Waals surface area contributed by atoms with E-state index in [2.05, 4.69) is 27.4 Å². The minimum Gasteiger partial charge on any atom is -0.382 e. The fraction of sp³-hybridized carbons (Fsp3) is 0.385. The third kappa shape index (κ3) is 1.85. The molecule has 0 atom stereocenters. The SMILES string of the molecule is c1cnc2cc(NC3CCCC3)ccc2n1. The molecule has 1 fully saturated rings. The van der Waals surface area contributed by atoms with Crippen LogP contribution in [0.5, 0.6) is 0 Å². The molecule has 3 rings (SSSR count). The molecule has 0 spiro atoms. The predicted molar refractivity (Wildman–Crippen MR) is 65.4 cm³/mol. The van der Waals surface area contributed by atoms with Gasteiger partial charge in [-0.3, -0.25) is 9.97 Å². The number of rotatable bonds is 2. The van der Waals surface area contributed by atoms with Crippen molar-refractivity contribution in [2.75, 3.05) is 5.32 Å². The molecule has 2 aromatic rings. The molecule has 1 aromatic carbocycles. The summed E-state index contributed by atoms with van der Waals surface area (Å²) in [5.74, 6) is 0. The van der Waals surface area contributed by atoms with Crippen LogP contribution in [0, 0.1) is 0 Å². The highest BCUT2D eigenvalue weighted by Gasteiger charge is 2.14. The molecule has 0 radical (unpaired) electrons. The average Bonchev–Trinajstić information content (AvgIpc) is 2.82. The highest BCUT2D eigenvalue weighted by atomic mass is 14.9. The van der Waals surface area contributed by atoms with Crippen molar-refractivity contribution in [3.8, 4) is 0 Å². The Morgan fingerprint density at radius 1 is 1.00 bits per heavy atom. The molecule has 1 N–H and O–H groups in total. The van der Waals surface area contributed by atoms with Crippen molar-refractivity contribution in [3.05, 3.63) is 30.6 Å². The van der Waals surface area contributed by atoms with Crippen molar-refractivity contribution >= 4 is 16.7 Å². The zero-order chi connectivity index (χ0) is 10.8. The summed E-state index contributed by atoms with van der Waals surface area (Å²) in [7, 11) is 0. The molecular formula is C13H15N3. The van der Waals surface area contributed by atoms with Gasteiger partial charge in [0.05, 0.1) is 11.0 Å². The number of nitrogens with one attached hydrogen (secondary N) is 1. The molecule has 1 heterocycles. The Labute approximate surface area is 94.9 Å². The first-order valence-corrected chi connectivity index (χ1v) is 5.89. The van der Waals surface area contributed by atoms with Gasteiger partial charge in [0.25, 0.3) is 0 Å². The summed E-state index contributed by atoms with van der Waals surface area (Å²) in [6.07, 6.45) is 8.75. The zero-order valence-electron chi connectivity index (χ0n) is 9.19. The van der Waals surface area contributed by atoms with Gasteiger partial charge in [-0.25, -0.2) is 0 Å². The molecule has 0 saturated heterocycles. The van der Waals surface area contributed by atoms with Crippen LogP contribution in [0.4, 0.5) is 5.69 Å². The Kier molecular flexibility index (Phi) is 2.44. The minimum absolute atomic E-state index is 0.647. The summed E-state index contributed by atoms with van der Waals surface area (Å²) >= 11 is 0. The van der Waals surface area contributed by atoms with Crippen LogP contribution >= 0.6 is 0 Å². The van der Waals surface area contributed by atoms with Crippen LogP contribution in [-0.2, 0) is 0 Å². The fourth-order valence-corrected chi connectivity index (χ4v) is 2.36. The van der Waals surface area contributed by atoms with Crippen molar-refractivity contribution in [1.29, 1.82) is 0 Å².